The Balaban J connectivity index is 1.34. The molecule has 0 heterocycles. The van der Waals surface area contributed by atoms with Crippen LogP contribution in [0.2, 0.25) is 0 Å². The lowest BCUT2D eigenvalue weighted by atomic mass is 10.0. The van der Waals surface area contributed by atoms with Gasteiger partial charge < -0.3 is 9.47 Å². The first kappa shape index (κ1) is 19.0. The van der Waals surface area contributed by atoms with Gasteiger partial charge in [0, 0.05) is 16.7 Å². The molecule has 0 N–H and O–H groups in total. The smallest absolute Gasteiger partial charge is 0.127 e. The van der Waals surface area contributed by atoms with Gasteiger partial charge in [0.15, 0.2) is 0 Å². The van der Waals surface area contributed by atoms with E-state index in [-0.39, 0.29) is 10.8 Å². The molecule has 28 heavy (non-hydrogen) atoms. The summed E-state index contributed by atoms with van der Waals surface area (Å²) in [6, 6.07) is 26.5. The molecule has 3 heteroatoms. The summed E-state index contributed by atoms with van der Waals surface area (Å²) in [4.78, 5) is 0. The van der Waals surface area contributed by atoms with E-state index in [0.717, 1.165) is 17.1 Å². The number of alkyl halides is 1. The minimum absolute atomic E-state index is 0.0189. The van der Waals surface area contributed by atoms with Crippen LogP contribution in [0.25, 0.3) is 0 Å². The van der Waals surface area contributed by atoms with Crippen molar-refractivity contribution in [3.05, 3.63) is 95.6 Å². The topological polar surface area (TPSA) is 18.5 Å². The second-order valence-electron chi connectivity index (χ2n) is 7.85. The minimum Gasteiger partial charge on any atom is -0.457 e. The molecule has 0 amide bonds. The predicted molar refractivity (Wildman–Crippen MR) is 114 cm³/mol. The molecule has 0 saturated heterocycles. The molecule has 3 aromatic rings. The van der Waals surface area contributed by atoms with E-state index in [1.165, 1.54) is 11.1 Å². The summed E-state index contributed by atoms with van der Waals surface area (Å²) in [6.45, 7) is 5.51. The van der Waals surface area contributed by atoms with E-state index < -0.39 is 0 Å². The lowest BCUT2D eigenvalue weighted by Gasteiger charge is -2.13. The molecule has 2 nitrogen and oxygen atoms in total. The Morgan fingerprint density at radius 3 is 2.36 bits per heavy atom. The van der Waals surface area contributed by atoms with Crippen molar-refractivity contribution in [2.75, 3.05) is 6.61 Å². The molecule has 1 aliphatic rings. The zero-order valence-electron chi connectivity index (χ0n) is 16.3. The van der Waals surface area contributed by atoms with E-state index in [9.17, 15) is 0 Å². The lowest BCUT2D eigenvalue weighted by Crippen LogP contribution is -2.10. The van der Waals surface area contributed by atoms with Crippen LogP contribution in [-0.2, 0) is 11.3 Å². The molecule has 3 aromatic carbocycles. The number of benzene rings is 3. The summed E-state index contributed by atoms with van der Waals surface area (Å²) in [5.41, 5.74) is 3.64. The Kier molecular flexibility index (Phi) is 5.43. The highest BCUT2D eigenvalue weighted by molar-refractivity contribution is 6.24. The van der Waals surface area contributed by atoms with E-state index in [4.69, 9.17) is 21.1 Å². The Hall–Kier alpha value is -2.29. The molecule has 1 saturated carbocycles. The molecular weight excluding hydrogens is 368 g/mol. The van der Waals surface area contributed by atoms with Crippen LogP contribution in [-0.4, -0.2) is 12.0 Å². The molecule has 0 aliphatic heterocycles. The molecule has 0 bridgehead atoms. The molecular formula is C25H25ClO2. The van der Waals surface area contributed by atoms with Crippen LogP contribution in [0.5, 0.6) is 11.5 Å². The highest BCUT2D eigenvalue weighted by Crippen LogP contribution is 2.62. The maximum Gasteiger partial charge on any atom is 0.127 e. The first-order valence-corrected chi connectivity index (χ1v) is 10.1. The zero-order chi connectivity index (χ0) is 19.6. The van der Waals surface area contributed by atoms with Crippen LogP contribution in [0.4, 0.5) is 0 Å². The number of para-hydroxylation sites is 1. The summed E-state index contributed by atoms with van der Waals surface area (Å²) in [7, 11) is 0. The normalized spacial score (nSPS) is 23.4. The van der Waals surface area contributed by atoms with Crippen molar-refractivity contribution in [1.82, 2.24) is 0 Å². The fourth-order valence-electron chi connectivity index (χ4n) is 3.71. The lowest BCUT2D eigenvalue weighted by molar-refractivity contribution is 0.0823. The van der Waals surface area contributed by atoms with Crippen LogP contribution in [0.3, 0.4) is 0 Å². The Bertz CT molecular complexity index is 923. The summed E-state index contributed by atoms with van der Waals surface area (Å²) in [5, 5.41) is 0.114. The quantitative estimate of drug-likeness (QED) is 0.416. The van der Waals surface area contributed by atoms with Crippen molar-refractivity contribution in [3.8, 4) is 11.5 Å². The monoisotopic (exact) mass is 392 g/mol. The molecule has 4 rings (SSSR count). The fraction of sp³-hybridized carbons (Fsp3) is 0.280. The number of rotatable bonds is 7. The maximum atomic E-state index is 6.63. The van der Waals surface area contributed by atoms with Gasteiger partial charge in [0.25, 0.3) is 0 Å². The third kappa shape index (κ3) is 4.09. The molecule has 1 fully saturated rings. The number of ether oxygens (including phenoxy) is 2. The standard InChI is InChI=1S/C25H25ClO2/c1-18-11-13-20(14-12-18)23-24(26)25(23,2)17-27-16-19-7-6-10-22(15-19)28-21-8-4-3-5-9-21/h3-15,23-24H,16-17H2,1-2H3/t23-,24+,25+/m0/s1. The second-order valence-corrected chi connectivity index (χ2v) is 8.32. The van der Waals surface area contributed by atoms with Crippen LogP contribution in [0.15, 0.2) is 78.9 Å². The van der Waals surface area contributed by atoms with Crippen molar-refractivity contribution in [2.24, 2.45) is 5.41 Å². The van der Waals surface area contributed by atoms with Crippen LogP contribution >= 0.6 is 11.6 Å². The van der Waals surface area contributed by atoms with Crippen molar-refractivity contribution in [2.45, 2.75) is 31.7 Å². The predicted octanol–water partition coefficient (Wildman–Crippen LogP) is 6.72. The van der Waals surface area contributed by atoms with Crippen LogP contribution in [0.1, 0.15) is 29.5 Å². The number of hydrogen-bond acceptors (Lipinski definition) is 2. The van der Waals surface area contributed by atoms with Gasteiger partial charge in [-0.3, -0.25) is 0 Å². The van der Waals surface area contributed by atoms with Gasteiger partial charge >= 0.3 is 0 Å². The van der Waals surface area contributed by atoms with E-state index in [0.29, 0.717) is 19.1 Å². The van der Waals surface area contributed by atoms with Gasteiger partial charge in [0.05, 0.1) is 13.2 Å². The summed E-state index contributed by atoms with van der Waals surface area (Å²) in [6.07, 6.45) is 0. The first-order chi connectivity index (χ1) is 13.6. The molecule has 144 valence electrons. The third-order valence-corrected chi connectivity index (χ3v) is 6.27. The summed E-state index contributed by atoms with van der Waals surface area (Å²) >= 11 is 6.63. The van der Waals surface area contributed by atoms with Gasteiger partial charge in [0.1, 0.15) is 11.5 Å². The van der Waals surface area contributed by atoms with Crippen LogP contribution in [0, 0.1) is 12.3 Å². The number of halogens is 1. The van der Waals surface area contributed by atoms with Crippen molar-refractivity contribution >= 4 is 11.6 Å². The highest BCUT2D eigenvalue weighted by atomic mass is 35.5. The Morgan fingerprint density at radius 1 is 0.893 bits per heavy atom. The molecule has 0 unspecified atom stereocenters. The van der Waals surface area contributed by atoms with Gasteiger partial charge in [-0.05, 0) is 42.3 Å². The van der Waals surface area contributed by atoms with Gasteiger partial charge in [-0.25, -0.2) is 0 Å². The molecule has 1 aliphatic carbocycles. The van der Waals surface area contributed by atoms with E-state index in [2.05, 4.69) is 44.2 Å². The first-order valence-electron chi connectivity index (χ1n) is 9.66. The van der Waals surface area contributed by atoms with Crippen LogP contribution < -0.4 is 4.74 Å². The summed E-state index contributed by atoms with van der Waals surface area (Å²) in [5.74, 6) is 2.00. The molecule has 3 atom stereocenters. The van der Waals surface area contributed by atoms with Gasteiger partial charge in [-0.1, -0.05) is 67.1 Å². The Labute approximate surface area is 172 Å². The van der Waals surface area contributed by atoms with Crippen molar-refractivity contribution < 1.29 is 9.47 Å². The molecule has 0 aromatic heterocycles. The summed E-state index contributed by atoms with van der Waals surface area (Å²) < 4.78 is 12.0. The van der Waals surface area contributed by atoms with Crippen molar-refractivity contribution in [3.63, 3.8) is 0 Å². The van der Waals surface area contributed by atoms with Gasteiger partial charge in [-0.2, -0.15) is 0 Å². The van der Waals surface area contributed by atoms with Gasteiger partial charge in [-0.15, -0.1) is 11.6 Å². The van der Waals surface area contributed by atoms with E-state index >= 15 is 0 Å². The van der Waals surface area contributed by atoms with Crippen molar-refractivity contribution in [1.29, 1.82) is 0 Å². The van der Waals surface area contributed by atoms with E-state index in [1.807, 2.05) is 48.5 Å². The SMILES string of the molecule is Cc1ccc([C@H]2[C@@H](Cl)[C@]2(C)COCc2cccc(Oc3ccccc3)c2)cc1. The average molecular weight is 393 g/mol. The van der Waals surface area contributed by atoms with Gasteiger partial charge in [0.2, 0.25) is 0 Å². The third-order valence-electron chi connectivity index (χ3n) is 5.52. The minimum atomic E-state index is -0.0189. The second kappa shape index (κ2) is 7.98. The zero-order valence-corrected chi connectivity index (χ0v) is 17.0. The largest absolute Gasteiger partial charge is 0.457 e. The molecule has 0 radical (unpaired) electrons. The fourth-order valence-corrected chi connectivity index (χ4v) is 4.27. The maximum absolute atomic E-state index is 6.63. The number of aryl methyl sites for hydroxylation is 1. The average Bonchev–Trinajstić information content (AvgIpc) is 3.24. The number of hydrogen-bond donors (Lipinski definition) is 0. The molecule has 0 spiro atoms. The Morgan fingerprint density at radius 2 is 1.61 bits per heavy atom. The van der Waals surface area contributed by atoms with E-state index in [1.54, 1.807) is 0 Å². The highest BCUT2D eigenvalue weighted by Gasteiger charge is 2.61.